The van der Waals surface area contributed by atoms with Gasteiger partial charge in [0.15, 0.2) is 0 Å². The SMILES string of the molecule is C/C(C=O)=C\C=C(/C)CNC(=O)OC(C)(C)C. The van der Waals surface area contributed by atoms with Crippen molar-refractivity contribution in [2.75, 3.05) is 6.54 Å². The molecule has 0 atom stereocenters. The van der Waals surface area contributed by atoms with Crippen molar-refractivity contribution < 1.29 is 14.3 Å². The van der Waals surface area contributed by atoms with Gasteiger partial charge in [0.25, 0.3) is 0 Å². The van der Waals surface area contributed by atoms with E-state index >= 15 is 0 Å². The van der Waals surface area contributed by atoms with E-state index in [0.29, 0.717) is 12.1 Å². The highest BCUT2D eigenvalue weighted by atomic mass is 16.6. The lowest BCUT2D eigenvalue weighted by atomic mass is 10.2. The third kappa shape index (κ3) is 9.35. The molecular weight excluding hydrogens is 218 g/mol. The number of hydrogen-bond acceptors (Lipinski definition) is 3. The Kier molecular flexibility index (Phi) is 6.25. The van der Waals surface area contributed by atoms with Crippen LogP contribution in [0.3, 0.4) is 0 Å². The zero-order chi connectivity index (χ0) is 13.5. The molecule has 0 aliphatic carbocycles. The highest BCUT2D eigenvalue weighted by Crippen LogP contribution is 2.06. The predicted octanol–water partition coefficient (Wildman–Crippen LogP) is 2.60. The summed E-state index contributed by atoms with van der Waals surface area (Å²) in [6.45, 7) is 9.42. The Morgan fingerprint density at radius 2 is 1.82 bits per heavy atom. The third-order valence-corrected chi connectivity index (χ3v) is 1.73. The molecule has 4 nitrogen and oxygen atoms in total. The summed E-state index contributed by atoms with van der Waals surface area (Å²) in [5.41, 5.74) is 1.09. The molecule has 0 saturated heterocycles. The number of hydrogen-bond donors (Lipinski definition) is 1. The molecule has 0 radical (unpaired) electrons. The van der Waals surface area contributed by atoms with Crippen molar-refractivity contribution in [2.45, 2.75) is 40.2 Å². The van der Waals surface area contributed by atoms with Gasteiger partial charge in [0.2, 0.25) is 0 Å². The number of alkyl carbamates (subject to hydrolysis) is 1. The monoisotopic (exact) mass is 239 g/mol. The molecule has 1 amide bonds. The predicted molar refractivity (Wildman–Crippen MR) is 67.8 cm³/mol. The molecule has 0 aromatic carbocycles. The number of rotatable bonds is 4. The van der Waals surface area contributed by atoms with Crippen LogP contribution in [0.15, 0.2) is 23.3 Å². The summed E-state index contributed by atoms with van der Waals surface area (Å²) in [6, 6.07) is 0. The molecule has 0 spiro atoms. The summed E-state index contributed by atoms with van der Waals surface area (Å²) in [5, 5.41) is 2.63. The van der Waals surface area contributed by atoms with Crippen LogP contribution in [0.4, 0.5) is 4.79 Å². The van der Waals surface area contributed by atoms with Crippen LogP contribution in [0, 0.1) is 0 Å². The van der Waals surface area contributed by atoms with Crippen LogP contribution < -0.4 is 5.32 Å². The van der Waals surface area contributed by atoms with Gasteiger partial charge in [-0.15, -0.1) is 0 Å². The first-order chi connectivity index (χ1) is 7.74. The van der Waals surface area contributed by atoms with Crippen molar-refractivity contribution in [2.24, 2.45) is 0 Å². The van der Waals surface area contributed by atoms with E-state index in [0.717, 1.165) is 11.9 Å². The van der Waals surface area contributed by atoms with Gasteiger partial charge < -0.3 is 10.1 Å². The molecule has 96 valence electrons. The molecule has 17 heavy (non-hydrogen) atoms. The minimum Gasteiger partial charge on any atom is -0.444 e. The maximum atomic E-state index is 11.3. The zero-order valence-corrected chi connectivity index (χ0v) is 11.2. The van der Waals surface area contributed by atoms with Gasteiger partial charge in [-0.1, -0.05) is 17.7 Å². The van der Waals surface area contributed by atoms with Gasteiger partial charge in [-0.2, -0.15) is 0 Å². The lowest BCUT2D eigenvalue weighted by Gasteiger charge is -2.19. The first kappa shape index (κ1) is 15.4. The molecule has 0 saturated carbocycles. The average molecular weight is 239 g/mol. The second kappa shape index (κ2) is 6.89. The van der Waals surface area contributed by atoms with Crippen LogP contribution in [0.25, 0.3) is 0 Å². The maximum Gasteiger partial charge on any atom is 0.407 e. The van der Waals surface area contributed by atoms with Gasteiger partial charge in [0, 0.05) is 6.54 Å². The Balaban J connectivity index is 4.12. The van der Waals surface area contributed by atoms with Crippen LogP contribution in [0.2, 0.25) is 0 Å². The van der Waals surface area contributed by atoms with Crippen molar-refractivity contribution in [3.63, 3.8) is 0 Å². The van der Waals surface area contributed by atoms with Gasteiger partial charge in [-0.25, -0.2) is 4.79 Å². The standard InChI is InChI=1S/C13H21NO3/c1-10(6-7-11(2)9-15)8-14-12(16)17-13(3,4)5/h6-7,9H,8H2,1-5H3,(H,14,16)/b10-6+,11-7+. The third-order valence-electron chi connectivity index (χ3n) is 1.73. The van der Waals surface area contributed by atoms with Gasteiger partial charge in [0.05, 0.1) is 0 Å². The second-order valence-electron chi connectivity index (χ2n) is 4.90. The Hall–Kier alpha value is -1.58. The Labute approximate surface area is 103 Å². The number of allylic oxidation sites excluding steroid dienone is 3. The summed E-state index contributed by atoms with van der Waals surface area (Å²) in [5.74, 6) is 0. The molecule has 0 aromatic heterocycles. The summed E-state index contributed by atoms with van der Waals surface area (Å²) in [7, 11) is 0. The molecule has 0 aliphatic heterocycles. The van der Waals surface area contributed by atoms with E-state index in [-0.39, 0.29) is 0 Å². The van der Waals surface area contributed by atoms with E-state index in [9.17, 15) is 9.59 Å². The van der Waals surface area contributed by atoms with Crippen molar-refractivity contribution in [3.8, 4) is 0 Å². The van der Waals surface area contributed by atoms with E-state index in [2.05, 4.69) is 5.32 Å². The summed E-state index contributed by atoms with van der Waals surface area (Å²) < 4.78 is 5.09. The summed E-state index contributed by atoms with van der Waals surface area (Å²) in [6.07, 6.45) is 3.84. The quantitative estimate of drug-likeness (QED) is 0.466. The van der Waals surface area contributed by atoms with Crippen molar-refractivity contribution in [1.82, 2.24) is 5.32 Å². The van der Waals surface area contributed by atoms with Crippen LogP contribution in [0.5, 0.6) is 0 Å². The minimum atomic E-state index is -0.490. The molecular formula is C13H21NO3. The molecule has 0 aromatic rings. The fraction of sp³-hybridized carbons (Fsp3) is 0.538. The highest BCUT2D eigenvalue weighted by Gasteiger charge is 2.15. The summed E-state index contributed by atoms with van der Waals surface area (Å²) in [4.78, 5) is 21.7. The van der Waals surface area contributed by atoms with Gasteiger partial charge >= 0.3 is 6.09 Å². The Bertz CT molecular complexity index is 335. The lowest BCUT2D eigenvalue weighted by molar-refractivity contribution is -0.104. The molecule has 0 unspecified atom stereocenters. The molecule has 4 heteroatoms. The molecule has 0 aliphatic rings. The lowest BCUT2D eigenvalue weighted by Crippen LogP contribution is -2.33. The van der Waals surface area contributed by atoms with E-state index in [1.807, 2.05) is 27.7 Å². The first-order valence-corrected chi connectivity index (χ1v) is 5.50. The number of ether oxygens (including phenoxy) is 1. The maximum absolute atomic E-state index is 11.3. The molecule has 1 N–H and O–H groups in total. The highest BCUT2D eigenvalue weighted by molar-refractivity contribution is 5.72. The van der Waals surface area contributed by atoms with Gasteiger partial charge in [-0.05, 0) is 40.2 Å². The second-order valence-corrected chi connectivity index (χ2v) is 4.90. The molecule has 0 rings (SSSR count). The fourth-order valence-corrected chi connectivity index (χ4v) is 0.898. The number of nitrogens with one attached hydrogen (secondary N) is 1. The van der Waals surface area contributed by atoms with Crippen molar-refractivity contribution >= 4 is 12.4 Å². The number of carbonyl (C=O) groups excluding carboxylic acids is 2. The van der Waals surface area contributed by atoms with E-state index in [1.165, 1.54) is 0 Å². The number of aldehydes is 1. The molecule has 0 bridgehead atoms. The van der Waals surface area contributed by atoms with Gasteiger partial charge in [0.1, 0.15) is 11.9 Å². The summed E-state index contributed by atoms with van der Waals surface area (Å²) >= 11 is 0. The smallest absolute Gasteiger partial charge is 0.407 e. The Morgan fingerprint density at radius 1 is 1.24 bits per heavy atom. The van der Waals surface area contributed by atoms with Crippen LogP contribution in [-0.4, -0.2) is 24.5 Å². The number of amides is 1. The average Bonchev–Trinajstić information content (AvgIpc) is 2.20. The number of carbonyl (C=O) groups is 2. The minimum absolute atomic E-state index is 0.400. The normalized spacial score (nSPS) is 13.2. The fourth-order valence-electron chi connectivity index (χ4n) is 0.898. The largest absolute Gasteiger partial charge is 0.444 e. The van der Waals surface area contributed by atoms with Crippen molar-refractivity contribution in [3.05, 3.63) is 23.3 Å². The molecule has 0 heterocycles. The van der Waals surface area contributed by atoms with Crippen molar-refractivity contribution in [1.29, 1.82) is 0 Å². The van der Waals surface area contributed by atoms with E-state index in [4.69, 9.17) is 4.74 Å². The molecule has 0 fully saturated rings. The first-order valence-electron chi connectivity index (χ1n) is 5.50. The van der Waals surface area contributed by atoms with Crippen LogP contribution in [-0.2, 0) is 9.53 Å². The topological polar surface area (TPSA) is 55.4 Å². The zero-order valence-electron chi connectivity index (χ0n) is 11.2. The van der Waals surface area contributed by atoms with Crippen LogP contribution in [0.1, 0.15) is 34.6 Å². The van der Waals surface area contributed by atoms with Gasteiger partial charge in [-0.3, -0.25) is 4.79 Å². The van der Waals surface area contributed by atoms with E-state index < -0.39 is 11.7 Å². The van der Waals surface area contributed by atoms with E-state index in [1.54, 1.807) is 19.1 Å². The van der Waals surface area contributed by atoms with Crippen LogP contribution >= 0.6 is 0 Å². The Morgan fingerprint density at radius 3 is 2.29 bits per heavy atom.